The summed E-state index contributed by atoms with van der Waals surface area (Å²) in [6, 6.07) is 6.18. The van der Waals surface area contributed by atoms with Gasteiger partial charge in [-0.3, -0.25) is 0 Å². The van der Waals surface area contributed by atoms with Gasteiger partial charge in [-0.25, -0.2) is 17.6 Å². The Morgan fingerprint density at radius 2 is 1.44 bits per heavy atom. The minimum absolute atomic E-state index is 0.0329. The molecule has 2 aromatic carbocycles. The molecule has 0 nitrogen and oxygen atoms in total. The lowest BCUT2D eigenvalue weighted by atomic mass is 10.0. The van der Waals surface area contributed by atoms with E-state index in [-0.39, 0.29) is 5.56 Å². The van der Waals surface area contributed by atoms with Crippen molar-refractivity contribution in [1.82, 2.24) is 0 Å². The number of hydrogen-bond acceptors (Lipinski definition) is 0. The molecule has 0 radical (unpaired) electrons. The van der Waals surface area contributed by atoms with E-state index in [0.29, 0.717) is 6.07 Å². The molecule has 0 unspecified atom stereocenters. The molecule has 82 valence electrons. The van der Waals surface area contributed by atoms with Crippen molar-refractivity contribution in [3.63, 3.8) is 0 Å². The minimum atomic E-state index is -1.31. The molecule has 2 aromatic rings. The van der Waals surface area contributed by atoms with Crippen LogP contribution in [0.4, 0.5) is 17.6 Å². The van der Waals surface area contributed by atoms with Crippen LogP contribution in [-0.4, -0.2) is 0 Å². The van der Waals surface area contributed by atoms with Crippen LogP contribution in [-0.2, 0) is 0 Å². The van der Waals surface area contributed by atoms with Crippen LogP contribution < -0.4 is 0 Å². The summed E-state index contributed by atoms with van der Waals surface area (Å²) >= 11 is 0. The summed E-state index contributed by atoms with van der Waals surface area (Å²) in [7, 11) is 0. The molecule has 0 heterocycles. The molecule has 0 amide bonds. The maximum absolute atomic E-state index is 13.3. The van der Waals surface area contributed by atoms with E-state index in [1.54, 1.807) is 0 Å². The van der Waals surface area contributed by atoms with Crippen molar-refractivity contribution in [2.45, 2.75) is 0 Å². The van der Waals surface area contributed by atoms with E-state index in [1.807, 2.05) is 0 Å². The molecule has 4 heteroatoms. The summed E-state index contributed by atoms with van der Waals surface area (Å²) in [6.07, 6.45) is 0. The summed E-state index contributed by atoms with van der Waals surface area (Å²) in [6.45, 7) is 0. The van der Waals surface area contributed by atoms with E-state index in [9.17, 15) is 17.6 Å². The Kier molecular flexibility index (Phi) is 2.64. The zero-order valence-electron chi connectivity index (χ0n) is 7.98. The van der Waals surface area contributed by atoms with Gasteiger partial charge in [-0.2, -0.15) is 0 Å². The van der Waals surface area contributed by atoms with E-state index in [1.165, 1.54) is 12.1 Å². The summed E-state index contributed by atoms with van der Waals surface area (Å²) in [5, 5.41) is 0. The predicted molar refractivity (Wildman–Crippen MR) is 51.7 cm³/mol. The van der Waals surface area contributed by atoms with Gasteiger partial charge in [0.2, 0.25) is 0 Å². The molecule has 0 N–H and O–H groups in total. The standard InChI is InChI=1S/C12H6F4/c13-8-3-1-2-7(6-8)11-9(14)4-5-10(15)12(11)16/h1-6H. The average Bonchev–Trinajstić information content (AvgIpc) is 2.24. The van der Waals surface area contributed by atoms with Crippen molar-refractivity contribution in [2.75, 3.05) is 0 Å². The van der Waals surface area contributed by atoms with Crippen molar-refractivity contribution in [1.29, 1.82) is 0 Å². The summed E-state index contributed by atoms with van der Waals surface area (Å²) < 4.78 is 52.4. The van der Waals surface area contributed by atoms with Gasteiger partial charge in [0, 0.05) is 0 Å². The fourth-order valence-electron chi connectivity index (χ4n) is 1.44. The molecule has 0 spiro atoms. The lowest BCUT2D eigenvalue weighted by Gasteiger charge is -2.05. The molecule has 0 fully saturated rings. The Morgan fingerprint density at radius 1 is 0.750 bits per heavy atom. The minimum Gasteiger partial charge on any atom is -0.207 e. The highest BCUT2D eigenvalue weighted by Crippen LogP contribution is 2.27. The first kappa shape index (κ1) is 10.7. The first-order valence-corrected chi connectivity index (χ1v) is 4.49. The molecule has 0 atom stereocenters. The van der Waals surface area contributed by atoms with Gasteiger partial charge in [-0.05, 0) is 29.8 Å². The molecule has 0 aliphatic rings. The number of hydrogen-bond donors (Lipinski definition) is 0. The smallest absolute Gasteiger partial charge is 0.169 e. The molecule has 2 rings (SSSR count). The van der Waals surface area contributed by atoms with E-state index in [2.05, 4.69) is 0 Å². The number of benzene rings is 2. The SMILES string of the molecule is Fc1cccc(-c2c(F)ccc(F)c2F)c1. The second-order valence-corrected chi connectivity index (χ2v) is 3.23. The molecule has 0 bridgehead atoms. The number of halogens is 4. The molecule has 0 aromatic heterocycles. The number of rotatable bonds is 1. The second-order valence-electron chi connectivity index (χ2n) is 3.23. The third kappa shape index (κ3) is 1.78. The van der Waals surface area contributed by atoms with Crippen molar-refractivity contribution in [3.05, 3.63) is 59.7 Å². The third-order valence-corrected chi connectivity index (χ3v) is 2.16. The van der Waals surface area contributed by atoms with Crippen molar-refractivity contribution < 1.29 is 17.6 Å². The van der Waals surface area contributed by atoms with Gasteiger partial charge in [0.1, 0.15) is 11.6 Å². The lowest BCUT2D eigenvalue weighted by molar-refractivity contribution is 0.499. The third-order valence-electron chi connectivity index (χ3n) is 2.16. The topological polar surface area (TPSA) is 0 Å². The highest BCUT2D eigenvalue weighted by Gasteiger charge is 2.15. The first-order chi connectivity index (χ1) is 7.59. The van der Waals surface area contributed by atoms with Crippen LogP contribution in [0.3, 0.4) is 0 Å². The van der Waals surface area contributed by atoms with Gasteiger partial charge >= 0.3 is 0 Å². The van der Waals surface area contributed by atoms with Gasteiger partial charge in [0.25, 0.3) is 0 Å². The average molecular weight is 226 g/mol. The first-order valence-electron chi connectivity index (χ1n) is 4.49. The van der Waals surface area contributed by atoms with Gasteiger partial charge in [0.15, 0.2) is 11.6 Å². The monoisotopic (exact) mass is 226 g/mol. The lowest BCUT2D eigenvalue weighted by Crippen LogP contribution is -1.94. The van der Waals surface area contributed by atoms with Crippen LogP contribution >= 0.6 is 0 Å². The fraction of sp³-hybridized carbons (Fsp3) is 0. The molecular weight excluding hydrogens is 220 g/mol. The van der Waals surface area contributed by atoms with Crippen molar-refractivity contribution in [2.24, 2.45) is 0 Å². The summed E-state index contributed by atoms with van der Waals surface area (Å²) in [5.41, 5.74) is -0.589. The van der Waals surface area contributed by atoms with Crippen LogP contribution in [0.2, 0.25) is 0 Å². The van der Waals surface area contributed by atoms with Gasteiger partial charge in [-0.1, -0.05) is 12.1 Å². The maximum Gasteiger partial charge on any atom is 0.169 e. The van der Waals surface area contributed by atoms with Gasteiger partial charge in [-0.15, -0.1) is 0 Å². The van der Waals surface area contributed by atoms with Crippen molar-refractivity contribution in [3.8, 4) is 11.1 Å². The molecule has 0 saturated carbocycles. The second kappa shape index (κ2) is 3.96. The quantitative estimate of drug-likeness (QED) is 0.510. The predicted octanol–water partition coefficient (Wildman–Crippen LogP) is 3.91. The van der Waals surface area contributed by atoms with Crippen LogP contribution in [0.1, 0.15) is 0 Å². The Labute approximate surface area is 89.2 Å². The van der Waals surface area contributed by atoms with Gasteiger partial charge < -0.3 is 0 Å². The molecular formula is C12H6F4. The van der Waals surface area contributed by atoms with E-state index >= 15 is 0 Å². The van der Waals surface area contributed by atoms with Crippen LogP contribution in [0.15, 0.2) is 36.4 Å². The molecule has 0 saturated heterocycles. The fourth-order valence-corrected chi connectivity index (χ4v) is 1.44. The molecule has 0 aliphatic carbocycles. The van der Waals surface area contributed by atoms with E-state index < -0.39 is 28.8 Å². The van der Waals surface area contributed by atoms with Gasteiger partial charge in [0.05, 0.1) is 5.56 Å². The highest BCUT2D eigenvalue weighted by molar-refractivity contribution is 5.64. The molecule has 16 heavy (non-hydrogen) atoms. The highest BCUT2D eigenvalue weighted by atomic mass is 19.2. The summed E-state index contributed by atoms with van der Waals surface area (Å²) in [5.74, 6) is -4.05. The zero-order valence-corrected chi connectivity index (χ0v) is 7.98. The van der Waals surface area contributed by atoms with E-state index in [0.717, 1.165) is 18.2 Å². The summed E-state index contributed by atoms with van der Waals surface area (Å²) in [4.78, 5) is 0. The largest absolute Gasteiger partial charge is 0.207 e. The van der Waals surface area contributed by atoms with Crippen LogP contribution in [0, 0.1) is 23.3 Å². The Morgan fingerprint density at radius 3 is 2.12 bits per heavy atom. The Hall–Kier alpha value is -1.84. The van der Waals surface area contributed by atoms with Crippen LogP contribution in [0.25, 0.3) is 11.1 Å². The zero-order chi connectivity index (χ0) is 11.7. The Balaban J connectivity index is 2.68. The van der Waals surface area contributed by atoms with Crippen LogP contribution in [0.5, 0.6) is 0 Å². The Bertz CT molecular complexity index is 535. The maximum atomic E-state index is 13.3. The van der Waals surface area contributed by atoms with Crippen molar-refractivity contribution >= 4 is 0 Å². The van der Waals surface area contributed by atoms with E-state index in [4.69, 9.17) is 0 Å². The molecule has 0 aliphatic heterocycles. The normalized spacial score (nSPS) is 10.5.